The number of benzene rings is 2. The molecule has 0 spiro atoms. The number of rotatable bonds is 5. The Hall–Kier alpha value is -1.59. The molecule has 1 aliphatic heterocycles. The van der Waals surface area contributed by atoms with Gasteiger partial charge in [-0.15, -0.1) is 0 Å². The first-order chi connectivity index (χ1) is 14.9. The summed E-state index contributed by atoms with van der Waals surface area (Å²) in [4.78, 5) is 3.00. The van der Waals surface area contributed by atoms with Gasteiger partial charge in [0.05, 0.1) is 6.61 Å². The molecule has 2 aromatic rings. The lowest BCUT2D eigenvalue weighted by Crippen LogP contribution is -3.28. The molecule has 0 aliphatic carbocycles. The van der Waals surface area contributed by atoms with Crippen LogP contribution in [0, 0.1) is 0 Å². The van der Waals surface area contributed by atoms with Gasteiger partial charge in [0.1, 0.15) is 44.5 Å². The average molecular weight is 461 g/mol. The second kappa shape index (κ2) is 9.72. The number of aliphatic hydroxyl groups is 1. The van der Waals surface area contributed by atoms with Gasteiger partial charge in [-0.05, 0) is 35.1 Å². The minimum atomic E-state index is -0.163. The van der Waals surface area contributed by atoms with E-state index in [4.69, 9.17) is 11.6 Å². The van der Waals surface area contributed by atoms with Crippen molar-refractivity contribution in [1.29, 1.82) is 0 Å². The molecule has 5 heteroatoms. The molecule has 1 fully saturated rings. The molecule has 3 rings (SSSR count). The van der Waals surface area contributed by atoms with Gasteiger partial charge in [-0.25, -0.2) is 0 Å². The topological polar surface area (TPSA) is 49.3 Å². The molecule has 1 saturated heterocycles. The van der Waals surface area contributed by atoms with Gasteiger partial charge in [-0.2, -0.15) is 0 Å². The quantitative estimate of drug-likeness (QED) is 0.554. The standard InChI is InChI=1S/C27H39ClN2O2/c1-26(2,3)22-17-20(18-23(25(22)32)27(4,5)6)24(19-7-9-21(28)10-8-19)30-13-11-29(12-14-30)15-16-31/h7-10,17-18,24,31-32H,11-16H2,1-6H3/p+2/t24-/m1/s1. The maximum absolute atomic E-state index is 11.2. The Morgan fingerprint density at radius 3 is 1.78 bits per heavy atom. The van der Waals surface area contributed by atoms with E-state index in [0.29, 0.717) is 5.75 Å². The predicted octanol–water partition coefficient (Wildman–Crippen LogP) is 2.51. The minimum absolute atomic E-state index is 0.163. The zero-order valence-electron chi connectivity index (χ0n) is 20.6. The molecule has 0 unspecified atom stereocenters. The molecule has 2 aromatic carbocycles. The van der Waals surface area contributed by atoms with Crippen molar-refractivity contribution in [2.45, 2.75) is 58.4 Å². The second-order valence-electron chi connectivity index (χ2n) is 11.3. The molecule has 1 atom stereocenters. The molecule has 0 bridgehead atoms. The summed E-state index contributed by atoms with van der Waals surface area (Å²) in [7, 11) is 0. The van der Waals surface area contributed by atoms with Crippen molar-refractivity contribution in [3.8, 4) is 5.75 Å². The third-order valence-corrected chi connectivity index (χ3v) is 7.01. The van der Waals surface area contributed by atoms with Gasteiger partial charge in [0.25, 0.3) is 0 Å². The van der Waals surface area contributed by atoms with Crippen LogP contribution in [-0.4, -0.2) is 49.5 Å². The van der Waals surface area contributed by atoms with Crippen molar-refractivity contribution in [3.05, 3.63) is 63.7 Å². The van der Waals surface area contributed by atoms with E-state index >= 15 is 0 Å². The molecule has 0 radical (unpaired) electrons. The SMILES string of the molecule is CC(C)(C)c1cc([C@@H](c2ccc(Cl)cc2)[NH+]2CC[NH+](CCO)CC2)cc(C(C)(C)C)c1O. The normalized spacial score (nSPS) is 20.9. The molecule has 0 aromatic heterocycles. The first-order valence-corrected chi connectivity index (χ1v) is 12.2. The van der Waals surface area contributed by atoms with Crippen molar-refractivity contribution in [2.75, 3.05) is 39.3 Å². The van der Waals surface area contributed by atoms with Crippen LogP contribution in [0.25, 0.3) is 0 Å². The smallest absolute Gasteiger partial charge is 0.139 e. The summed E-state index contributed by atoms with van der Waals surface area (Å²) in [6.45, 7) is 18.2. The van der Waals surface area contributed by atoms with Crippen molar-refractivity contribution >= 4 is 11.6 Å². The molecule has 32 heavy (non-hydrogen) atoms. The van der Waals surface area contributed by atoms with Crippen LogP contribution in [0.5, 0.6) is 5.75 Å². The highest BCUT2D eigenvalue weighted by Gasteiger charge is 2.35. The number of piperazine rings is 1. The van der Waals surface area contributed by atoms with E-state index in [1.165, 1.54) is 20.9 Å². The fourth-order valence-corrected chi connectivity index (χ4v) is 5.03. The summed E-state index contributed by atoms with van der Waals surface area (Å²) in [6, 6.07) is 12.9. The van der Waals surface area contributed by atoms with Crippen LogP contribution >= 0.6 is 11.6 Å². The van der Waals surface area contributed by atoms with Gasteiger partial charge in [0.15, 0.2) is 0 Å². The Morgan fingerprint density at radius 1 is 0.844 bits per heavy atom. The number of halogens is 1. The van der Waals surface area contributed by atoms with E-state index < -0.39 is 0 Å². The van der Waals surface area contributed by atoms with Gasteiger partial charge in [-0.3, -0.25) is 0 Å². The van der Waals surface area contributed by atoms with Crippen molar-refractivity contribution in [1.82, 2.24) is 0 Å². The summed E-state index contributed by atoms with van der Waals surface area (Å²) in [5, 5.41) is 21.3. The molecular formula is C27H41ClN2O2+2. The van der Waals surface area contributed by atoms with Gasteiger partial charge < -0.3 is 20.0 Å². The third kappa shape index (κ3) is 5.66. The van der Waals surface area contributed by atoms with Crippen LogP contribution in [0.4, 0.5) is 0 Å². The molecular weight excluding hydrogens is 420 g/mol. The minimum Gasteiger partial charge on any atom is -0.507 e. The molecule has 0 amide bonds. The summed E-state index contributed by atoms with van der Waals surface area (Å²) in [6.07, 6.45) is 0. The van der Waals surface area contributed by atoms with Crippen molar-refractivity contribution in [2.24, 2.45) is 0 Å². The van der Waals surface area contributed by atoms with E-state index in [9.17, 15) is 10.2 Å². The molecule has 1 heterocycles. The number of quaternary nitrogens is 2. The number of phenols is 1. The highest BCUT2D eigenvalue weighted by molar-refractivity contribution is 6.30. The summed E-state index contributed by atoms with van der Waals surface area (Å²) in [5.41, 5.74) is 4.18. The zero-order valence-corrected chi connectivity index (χ0v) is 21.3. The lowest BCUT2D eigenvalue weighted by atomic mass is 9.77. The highest BCUT2D eigenvalue weighted by Crippen LogP contribution is 2.41. The predicted molar refractivity (Wildman–Crippen MR) is 132 cm³/mol. The van der Waals surface area contributed by atoms with E-state index in [1.807, 2.05) is 12.1 Å². The monoisotopic (exact) mass is 460 g/mol. The van der Waals surface area contributed by atoms with Crippen molar-refractivity contribution in [3.63, 3.8) is 0 Å². The Kier molecular flexibility index (Phi) is 7.61. The number of aliphatic hydroxyl groups excluding tert-OH is 1. The van der Waals surface area contributed by atoms with E-state index in [0.717, 1.165) is 48.9 Å². The molecule has 1 aliphatic rings. The van der Waals surface area contributed by atoms with Gasteiger partial charge in [-0.1, -0.05) is 65.3 Å². The number of hydrogen-bond acceptors (Lipinski definition) is 2. The Bertz CT molecular complexity index is 870. The molecule has 0 saturated carbocycles. The van der Waals surface area contributed by atoms with Gasteiger partial charge >= 0.3 is 0 Å². The van der Waals surface area contributed by atoms with Gasteiger partial charge in [0, 0.05) is 27.3 Å². The fraction of sp³-hybridized carbons (Fsp3) is 0.556. The molecule has 176 valence electrons. The van der Waals surface area contributed by atoms with E-state index in [2.05, 4.69) is 65.8 Å². The van der Waals surface area contributed by atoms with Crippen LogP contribution in [0.2, 0.25) is 5.02 Å². The van der Waals surface area contributed by atoms with E-state index in [1.54, 1.807) is 0 Å². The van der Waals surface area contributed by atoms with Crippen LogP contribution in [0.1, 0.15) is 69.8 Å². The summed E-state index contributed by atoms with van der Waals surface area (Å²) >= 11 is 6.23. The number of nitrogens with one attached hydrogen (secondary N) is 2. The number of aromatic hydroxyl groups is 1. The van der Waals surface area contributed by atoms with Gasteiger partial charge in [0.2, 0.25) is 0 Å². The lowest BCUT2D eigenvalue weighted by Gasteiger charge is -2.36. The first kappa shape index (κ1) is 25.0. The van der Waals surface area contributed by atoms with Crippen molar-refractivity contribution < 1.29 is 20.0 Å². The van der Waals surface area contributed by atoms with Crippen LogP contribution in [0.3, 0.4) is 0 Å². The average Bonchev–Trinajstić information content (AvgIpc) is 2.70. The molecule has 4 N–H and O–H groups in total. The number of hydrogen-bond donors (Lipinski definition) is 4. The second-order valence-corrected chi connectivity index (χ2v) is 11.8. The first-order valence-electron chi connectivity index (χ1n) is 11.8. The summed E-state index contributed by atoms with van der Waals surface area (Å²) < 4.78 is 0. The Labute approximate surface area is 198 Å². The maximum Gasteiger partial charge on any atom is 0.139 e. The summed E-state index contributed by atoms with van der Waals surface area (Å²) in [5.74, 6) is 0.427. The number of phenolic OH excluding ortho intramolecular Hbond substituents is 1. The van der Waals surface area contributed by atoms with Crippen LogP contribution in [-0.2, 0) is 10.8 Å². The van der Waals surface area contributed by atoms with Crippen LogP contribution in [0.15, 0.2) is 36.4 Å². The third-order valence-electron chi connectivity index (χ3n) is 6.76. The Balaban J connectivity index is 2.13. The fourth-order valence-electron chi connectivity index (χ4n) is 4.91. The molecule has 4 nitrogen and oxygen atoms in total. The Morgan fingerprint density at radius 2 is 1.34 bits per heavy atom. The maximum atomic E-state index is 11.2. The largest absolute Gasteiger partial charge is 0.507 e. The lowest BCUT2D eigenvalue weighted by molar-refractivity contribution is -1.02. The van der Waals surface area contributed by atoms with Crippen LogP contribution < -0.4 is 9.80 Å². The zero-order chi connectivity index (χ0) is 23.7. The highest BCUT2D eigenvalue weighted by atomic mass is 35.5. The van der Waals surface area contributed by atoms with E-state index in [-0.39, 0.29) is 23.5 Å².